The predicted octanol–water partition coefficient (Wildman–Crippen LogP) is 2.01. The van der Waals surface area contributed by atoms with Crippen molar-refractivity contribution in [3.63, 3.8) is 0 Å². The second kappa shape index (κ2) is 5.97. The molecular weight excluding hydrogens is 262 g/mol. The van der Waals surface area contributed by atoms with Crippen LogP contribution in [0.1, 0.15) is 17.5 Å². The van der Waals surface area contributed by atoms with Crippen LogP contribution in [0.15, 0.2) is 48.5 Å². The first-order chi connectivity index (χ1) is 10.3. The Morgan fingerprint density at radius 1 is 1.05 bits per heavy atom. The fourth-order valence-corrected chi connectivity index (χ4v) is 2.63. The number of hydrogen-bond donors (Lipinski definition) is 3. The number of anilines is 1. The molecule has 0 amide bonds. The molecule has 0 aliphatic carbocycles. The Balaban J connectivity index is 1.94. The van der Waals surface area contributed by atoms with Gasteiger partial charge in [0.05, 0.1) is 6.54 Å². The minimum atomic E-state index is 0.221. The van der Waals surface area contributed by atoms with Gasteiger partial charge in [0.1, 0.15) is 11.0 Å². The first-order valence-electron chi connectivity index (χ1n) is 7.22. The van der Waals surface area contributed by atoms with Crippen molar-refractivity contribution in [1.82, 2.24) is 4.98 Å². The minimum absolute atomic E-state index is 0.221. The number of rotatable bonds is 5. The molecule has 0 aliphatic heterocycles. The highest BCUT2D eigenvalue weighted by molar-refractivity contribution is 5.73. The summed E-state index contributed by atoms with van der Waals surface area (Å²) in [6.07, 6.45) is 1.66. The number of aliphatic hydroxyl groups is 1. The summed E-state index contributed by atoms with van der Waals surface area (Å²) in [5, 5.41) is 8.92. The van der Waals surface area contributed by atoms with Crippen LogP contribution >= 0.6 is 0 Å². The van der Waals surface area contributed by atoms with Gasteiger partial charge >= 0.3 is 5.95 Å². The van der Waals surface area contributed by atoms with Crippen LogP contribution in [-0.4, -0.2) is 16.7 Å². The zero-order valence-corrected chi connectivity index (χ0v) is 11.9. The number of nitrogens with zero attached hydrogens (tertiary/aromatic N) is 1. The lowest BCUT2D eigenvalue weighted by molar-refractivity contribution is -0.647. The number of fused-ring (bicyclic) bond motifs is 1. The number of hydrogen-bond acceptors (Lipinski definition) is 2. The molecule has 0 unspecified atom stereocenters. The average molecular weight is 282 g/mol. The van der Waals surface area contributed by atoms with Crippen molar-refractivity contribution in [3.8, 4) is 0 Å². The highest BCUT2D eigenvalue weighted by atomic mass is 16.2. The van der Waals surface area contributed by atoms with Gasteiger partial charge in [-0.3, -0.25) is 5.73 Å². The molecule has 0 aliphatic rings. The summed E-state index contributed by atoms with van der Waals surface area (Å²) in [4.78, 5) is 3.24. The van der Waals surface area contributed by atoms with Crippen molar-refractivity contribution in [2.75, 3.05) is 12.3 Å². The minimum Gasteiger partial charge on any atom is -0.396 e. The third kappa shape index (κ3) is 2.90. The van der Waals surface area contributed by atoms with Crippen molar-refractivity contribution >= 4 is 17.0 Å². The number of aromatic nitrogens is 2. The quantitative estimate of drug-likeness (QED) is 0.627. The molecule has 0 spiro atoms. The van der Waals surface area contributed by atoms with Gasteiger partial charge in [-0.2, -0.15) is 0 Å². The molecule has 3 rings (SSSR count). The van der Waals surface area contributed by atoms with Crippen LogP contribution in [0.25, 0.3) is 11.0 Å². The van der Waals surface area contributed by atoms with Crippen LogP contribution in [0.2, 0.25) is 0 Å². The van der Waals surface area contributed by atoms with E-state index in [1.807, 2.05) is 18.2 Å². The van der Waals surface area contributed by atoms with E-state index >= 15 is 0 Å². The second-order valence-electron chi connectivity index (χ2n) is 5.26. The Morgan fingerprint density at radius 2 is 1.86 bits per heavy atom. The molecule has 1 heterocycles. The van der Waals surface area contributed by atoms with Crippen LogP contribution in [0, 0.1) is 0 Å². The number of aryl methyl sites for hydroxylation is 1. The molecule has 4 nitrogen and oxygen atoms in total. The van der Waals surface area contributed by atoms with Gasteiger partial charge in [-0.05, 0) is 36.1 Å². The molecule has 2 aromatic carbocycles. The van der Waals surface area contributed by atoms with Crippen molar-refractivity contribution in [2.45, 2.75) is 19.4 Å². The number of nitrogen functional groups attached to an aromatic ring is 1. The summed E-state index contributed by atoms with van der Waals surface area (Å²) in [5.41, 5.74) is 10.7. The largest absolute Gasteiger partial charge is 0.396 e. The van der Waals surface area contributed by atoms with Crippen molar-refractivity contribution in [3.05, 3.63) is 59.7 Å². The van der Waals surface area contributed by atoms with E-state index in [0.717, 1.165) is 30.4 Å². The monoisotopic (exact) mass is 282 g/mol. The first-order valence-corrected chi connectivity index (χ1v) is 7.22. The normalized spacial score (nSPS) is 11.1. The first kappa shape index (κ1) is 13.6. The fourth-order valence-electron chi connectivity index (χ4n) is 2.63. The van der Waals surface area contributed by atoms with Crippen LogP contribution in [0.3, 0.4) is 0 Å². The molecule has 0 fully saturated rings. The third-order valence-electron chi connectivity index (χ3n) is 3.71. The Morgan fingerprint density at radius 3 is 2.62 bits per heavy atom. The molecule has 1 aromatic heterocycles. The third-order valence-corrected chi connectivity index (χ3v) is 3.71. The zero-order valence-electron chi connectivity index (χ0n) is 11.9. The van der Waals surface area contributed by atoms with E-state index in [4.69, 9.17) is 10.8 Å². The highest BCUT2D eigenvalue weighted by Gasteiger charge is 2.14. The summed E-state index contributed by atoms with van der Waals surface area (Å²) in [6.45, 7) is 0.974. The Kier molecular flexibility index (Phi) is 3.88. The molecule has 4 heteroatoms. The molecule has 0 radical (unpaired) electrons. The second-order valence-corrected chi connectivity index (χ2v) is 5.26. The van der Waals surface area contributed by atoms with Gasteiger partial charge in [0.25, 0.3) is 0 Å². The number of aromatic amines is 1. The number of H-pyrrole nitrogens is 1. The molecule has 0 saturated carbocycles. The van der Waals surface area contributed by atoms with Gasteiger partial charge in [-0.1, -0.05) is 36.4 Å². The van der Waals surface area contributed by atoms with E-state index < -0.39 is 0 Å². The summed E-state index contributed by atoms with van der Waals surface area (Å²) >= 11 is 0. The number of imidazole rings is 1. The molecule has 4 N–H and O–H groups in total. The van der Waals surface area contributed by atoms with Crippen LogP contribution in [0.4, 0.5) is 5.95 Å². The molecular formula is C17H20N3O+. The summed E-state index contributed by atoms with van der Waals surface area (Å²) in [6, 6.07) is 16.6. The van der Waals surface area contributed by atoms with E-state index in [9.17, 15) is 0 Å². The van der Waals surface area contributed by atoms with E-state index in [1.54, 1.807) is 0 Å². The number of nitrogens with two attached hydrogens (primary N) is 1. The lowest BCUT2D eigenvalue weighted by Gasteiger charge is -2.02. The number of aliphatic hydroxyl groups excluding tert-OH is 1. The smallest absolute Gasteiger partial charge is 0.353 e. The number of benzene rings is 2. The van der Waals surface area contributed by atoms with Crippen LogP contribution in [-0.2, 0) is 13.0 Å². The maximum atomic E-state index is 8.92. The van der Waals surface area contributed by atoms with Gasteiger partial charge in [-0.25, -0.2) is 9.55 Å². The highest BCUT2D eigenvalue weighted by Crippen LogP contribution is 2.15. The topological polar surface area (TPSA) is 65.9 Å². The van der Waals surface area contributed by atoms with E-state index in [-0.39, 0.29) is 6.61 Å². The maximum Gasteiger partial charge on any atom is 0.353 e. The predicted molar refractivity (Wildman–Crippen MR) is 83.9 cm³/mol. The van der Waals surface area contributed by atoms with Gasteiger partial charge in [0, 0.05) is 6.61 Å². The van der Waals surface area contributed by atoms with E-state index in [1.165, 1.54) is 11.1 Å². The Labute approximate surface area is 123 Å². The lowest BCUT2D eigenvalue weighted by atomic mass is 10.1. The molecule has 108 valence electrons. The van der Waals surface area contributed by atoms with Gasteiger partial charge < -0.3 is 5.11 Å². The molecule has 0 bridgehead atoms. The van der Waals surface area contributed by atoms with E-state index in [0.29, 0.717) is 5.95 Å². The van der Waals surface area contributed by atoms with Crippen LogP contribution < -0.4 is 10.3 Å². The van der Waals surface area contributed by atoms with Crippen molar-refractivity contribution in [2.24, 2.45) is 0 Å². The SMILES string of the molecule is Nc1[nH]c2cc(CCCO)ccc2[n+]1Cc1ccccc1. The van der Waals surface area contributed by atoms with Gasteiger partial charge in [0.15, 0.2) is 0 Å². The van der Waals surface area contributed by atoms with E-state index in [2.05, 4.69) is 39.9 Å². The zero-order chi connectivity index (χ0) is 14.7. The molecule has 3 aromatic rings. The fraction of sp³-hybridized carbons (Fsp3) is 0.235. The average Bonchev–Trinajstić information content (AvgIpc) is 2.81. The van der Waals surface area contributed by atoms with Crippen molar-refractivity contribution < 1.29 is 9.67 Å². The molecule has 21 heavy (non-hydrogen) atoms. The summed E-state index contributed by atoms with van der Waals surface area (Å²) < 4.78 is 2.08. The number of nitrogens with one attached hydrogen (secondary N) is 1. The van der Waals surface area contributed by atoms with Gasteiger partial charge in [0.2, 0.25) is 0 Å². The van der Waals surface area contributed by atoms with Gasteiger partial charge in [-0.15, -0.1) is 0 Å². The molecule has 0 atom stereocenters. The molecule has 0 saturated heterocycles. The lowest BCUT2D eigenvalue weighted by Crippen LogP contribution is -2.36. The summed E-state index contributed by atoms with van der Waals surface area (Å²) in [5.74, 6) is 0.660. The Hall–Kier alpha value is -2.33. The van der Waals surface area contributed by atoms with Crippen LogP contribution in [0.5, 0.6) is 0 Å². The maximum absolute atomic E-state index is 8.92. The Bertz CT molecular complexity index is 734. The standard InChI is InChI=1S/C17H19N3O/c18-17-19-15-11-13(7-4-10-21)8-9-16(15)20(17)12-14-5-2-1-3-6-14/h1-3,5-6,8-9,11,21H,4,7,10,12H2,(H2,18,19)/p+1. The van der Waals surface area contributed by atoms with Crippen molar-refractivity contribution in [1.29, 1.82) is 0 Å². The summed E-state index contributed by atoms with van der Waals surface area (Å²) in [7, 11) is 0.